The monoisotopic (exact) mass is 266 g/mol. The Balaban J connectivity index is 3.01. The van der Waals surface area contributed by atoms with Crippen LogP contribution in [0.15, 0.2) is 18.2 Å². The number of hydrogen-bond donors (Lipinski definition) is 1. The fourth-order valence-electron chi connectivity index (χ4n) is 1.87. The normalized spacial score (nSPS) is 10.1. The lowest BCUT2D eigenvalue weighted by Gasteiger charge is -2.25. The average molecular weight is 266 g/mol. The number of benzene rings is 1. The number of nitrogens with zero attached hydrogens (tertiary/aromatic N) is 1. The fraction of sp³-hybridized carbons (Fsp3) is 0.500. The van der Waals surface area contributed by atoms with Gasteiger partial charge in [0.2, 0.25) is 5.91 Å². The van der Waals surface area contributed by atoms with Crippen LogP contribution in [-0.4, -0.2) is 39.8 Å². The van der Waals surface area contributed by atoms with Crippen LogP contribution in [0.1, 0.15) is 13.8 Å². The molecule has 0 fully saturated rings. The summed E-state index contributed by atoms with van der Waals surface area (Å²) in [6, 6.07) is 5.60. The van der Waals surface area contributed by atoms with Crippen molar-refractivity contribution in [1.82, 2.24) is 0 Å². The van der Waals surface area contributed by atoms with E-state index >= 15 is 0 Å². The molecule has 19 heavy (non-hydrogen) atoms. The van der Waals surface area contributed by atoms with Crippen LogP contribution >= 0.6 is 0 Å². The van der Waals surface area contributed by atoms with Gasteiger partial charge in [-0.1, -0.05) is 0 Å². The van der Waals surface area contributed by atoms with Crippen molar-refractivity contribution in [2.45, 2.75) is 13.8 Å². The summed E-state index contributed by atoms with van der Waals surface area (Å²) in [6.07, 6.45) is 0. The molecule has 0 saturated carbocycles. The predicted octanol–water partition coefficient (Wildman–Crippen LogP) is 2.13. The highest BCUT2D eigenvalue weighted by Crippen LogP contribution is 2.31. The number of rotatable bonds is 7. The summed E-state index contributed by atoms with van der Waals surface area (Å²) in [5, 5.41) is 2.78. The summed E-state index contributed by atoms with van der Waals surface area (Å²) in [4.78, 5) is 13.3. The molecule has 0 heterocycles. The van der Waals surface area contributed by atoms with E-state index in [1.165, 1.54) is 6.92 Å². The molecular weight excluding hydrogens is 244 g/mol. The van der Waals surface area contributed by atoms with Crippen molar-refractivity contribution in [3.63, 3.8) is 0 Å². The number of methoxy groups -OCH3 is 2. The molecule has 1 amide bonds. The predicted molar refractivity (Wildman–Crippen MR) is 77.1 cm³/mol. The zero-order valence-corrected chi connectivity index (χ0v) is 12.0. The highest BCUT2D eigenvalue weighted by molar-refractivity contribution is 5.89. The van der Waals surface area contributed by atoms with Crippen molar-refractivity contribution < 1.29 is 14.3 Å². The van der Waals surface area contributed by atoms with Gasteiger partial charge in [-0.3, -0.25) is 4.79 Å². The maximum absolute atomic E-state index is 11.1. The van der Waals surface area contributed by atoms with Crippen LogP contribution in [0.5, 0.6) is 5.75 Å². The Labute approximate surface area is 114 Å². The number of likely N-dealkylation sites (N-methyl/N-ethyl adjacent to an activating group) is 1. The van der Waals surface area contributed by atoms with E-state index in [1.54, 1.807) is 14.2 Å². The Bertz CT molecular complexity index is 421. The molecule has 0 radical (unpaired) electrons. The van der Waals surface area contributed by atoms with Crippen LogP contribution in [0.3, 0.4) is 0 Å². The van der Waals surface area contributed by atoms with Gasteiger partial charge in [0.25, 0.3) is 0 Å². The van der Waals surface area contributed by atoms with Crippen molar-refractivity contribution >= 4 is 17.3 Å². The molecule has 1 rings (SSSR count). The van der Waals surface area contributed by atoms with Crippen LogP contribution in [0.2, 0.25) is 0 Å². The average Bonchev–Trinajstić information content (AvgIpc) is 2.39. The minimum Gasteiger partial charge on any atom is -0.495 e. The number of nitrogens with one attached hydrogen (secondary N) is 1. The summed E-state index contributed by atoms with van der Waals surface area (Å²) in [5.74, 6) is 0.697. The second kappa shape index (κ2) is 7.63. The number of amides is 1. The third kappa shape index (κ3) is 4.44. The van der Waals surface area contributed by atoms with Crippen LogP contribution < -0.4 is 15.0 Å². The van der Waals surface area contributed by atoms with Crippen LogP contribution in [-0.2, 0) is 9.53 Å². The van der Waals surface area contributed by atoms with Crippen LogP contribution in [0, 0.1) is 0 Å². The molecule has 1 N–H and O–H groups in total. The van der Waals surface area contributed by atoms with Crippen molar-refractivity contribution in [1.29, 1.82) is 0 Å². The smallest absolute Gasteiger partial charge is 0.221 e. The van der Waals surface area contributed by atoms with Gasteiger partial charge in [-0.15, -0.1) is 0 Å². The van der Waals surface area contributed by atoms with Gasteiger partial charge in [0.05, 0.1) is 19.4 Å². The van der Waals surface area contributed by atoms with Gasteiger partial charge in [0.15, 0.2) is 0 Å². The number of hydrogen-bond acceptors (Lipinski definition) is 4. The zero-order chi connectivity index (χ0) is 14.3. The molecule has 1 aromatic rings. The topological polar surface area (TPSA) is 50.8 Å². The first kappa shape index (κ1) is 15.3. The number of ether oxygens (including phenoxy) is 2. The molecule has 0 bridgehead atoms. The van der Waals surface area contributed by atoms with Crippen LogP contribution in [0.25, 0.3) is 0 Å². The Hall–Kier alpha value is -1.75. The van der Waals surface area contributed by atoms with E-state index in [2.05, 4.69) is 17.1 Å². The zero-order valence-electron chi connectivity index (χ0n) is 12.0. The molecule has 5 nitrogen and oxygen atoms in total. The molecule has 0 aliphatic heterocycles. The van der Waals surface area contributed by atoms with Crippen molar-refractivity contribution in [3.8, 4) is 5.75 Å². The summed E-state index contributed by atoms with van der Waals surface area (Å²) in [6.45, 7) is 5.81. The minimum absolute atomic E-state index is 0.0870. The van der Waals surface area contributed by atoms with Crippen LogP contribution in [0.4, 0.5) is 11.4 Å². The van der Waals surface area contributed by atoms with E-state index in [0.29, 0.717) is 6.61 Å². The Morgan fingerprint density at radius 3 is 2.63 bits per heavy atom. The fourth-order valence-corrected chi connectivity index (χ4v) is 1.87. The lowest BCUT2D eigenvalue weighted by Crippen LogP contribution is -2.27. The second-order valence-electron chi connectivity index (χ2n) is 4.14. The van der Waals surface area contributed by atoms with E-state index in [0.717, 1.165) is 30.2 Å². The highest BCUT2D eigenvalue weighted by atomic mass is 16.5. The number of carbonyl (C=O) groups is 1. The van der Waals surface area contributed by atoms with Crippen molar-refractivity contribution in [2.75, 3.05) is 44.1 Å². The standard InChI is InChI=1S/C14H22N2O3/c1-5-16(8-9-18-3)13-10-12(15-11(2)17)6-7-14(13)19-4/h6-7,10H,5,8-9H2,1-4H3,(H,15,17). The Morgan fingerprint density at radius 1 is 1.37 bits per heavy atom. The molecule has 0 aromatic heterocycles. The van der Waals surface area contributed by atoms with Gasteiger partial charge in [0.1, 0.15) is 5.75 Å². The molecule has 5 heteroatoms. The van der Waals surface area contributed by atoms with Gasteiger partial charge in [-0.05, 0) is 25.1 Å². The molecule has 1 aromatic carbocycles. The molecule has 0 aliphatic rings. The number of anilines is 2. The largest absolute Gasteiger partial charge is 0.495 e. The van der Waals surface area contributed by atoms with E-state index in [1.807, 2.05) is 18.2 Å². The molecule has 0 atom stereocenters. The van der Waals surface area contributed by atoms with E-state index in [-0.39, 0.29) is 5.91 Å². The van der Waals surface area contributed by atoms with E-state index < -0.39 is 0 Å². The van der Waals surface area contributed by atoms with Gasteiger partial charge in [-0.25, -0.2) is 0 Å². The van der Waals surface area contributed by atoms with Gasteiger partial charge in [-0.2, -0.15) is 0 Å². The summed E-state index contributed by atoms with van der Waals surface area (Å²) in [5.41, 5.74) is 1.72. The van der Waals surface area contributed by atoms with Crippen molar-refractivity contribution in [2.24, 2.45) is 0 Å². The van der Waals surface area contributed by atoms with E-state index in [9.17, 15) is 4.79 Å². The maximum atomic E-state index is 11.1. The molecular formula is C14H22N2O3. The molecule has 106 valence electrons. The summed E-state index contributed by atoms with van der Waals surface area (Å²) < 4.78 is 10.5. The van der Waals surface area contributed by atoms with E-state index in [4.69, 9.17) is 9.47 Å². The minimum atomic E-state index is -0.0870. The third-order valence-electron chi connectivity index (χ3n) is 2.79. The first-order valence-corrected chi connectivity index (χ1v) is 6.31. The SMILES string of the molecule is CCN(CCOC)c1cc(NC(C)=O)ccc1OC. The first-order valence-electron chi connectivity index (χ1n) is 6.31. The first-order chi connectivity index (χ1) is 9.12. The summed E-state index contributed by atoms with van der Waals surface area (Å²) in [7, 11) is 3.32. The summed E-state index contributed by atoms with van der Waals surface area (Å²) >= 11 is 0. The third-order valence-corrected chi connectivity index (χ3v) is 2.79. The quantitative estimate of drug-likeness (QED) is 0.821. The van der Waals surface area contributed by atoms with Gasteiger partial charge in [0, 0.05) is 32.8 Å². The van der Waals surface area contributed by atoms with Gasteiger partial charge < -0.3 is 19.7 Å². The number of carbonyl (C=O) groups excluding carboxylic acids is 1. The van der Waals surface area contributed by atoms with Gasteiger partial charge >= 0.3 is 0 Å². The van der Waals surface area contributed by atoms with Crippen molar-refractivity contribution in [3.05, 3.63) is 18.2 Å². The lowest BCUT2D eigenvalue weighted by molar-refractivity contribution is -0.114. The molecule has 0 saturated heterocycles. The molecule has 0 aliphatic carbocycles. The second-order valence-corrected chi connectivity index (χ2v) is 4.14. The maximum Gasteiger partial charge on any atom is 0.221 e. The molecule has 0 spiro atoms. The highest BCUT2D eigenvalue weighted by Gasteiger charge is 2.11. The Kier molecular flexibility index (Phi) is 6.15. The molecule has 0 unspecified atom stereocenters. The lowest BCUT2D eigenvalue weighted by atomic mass is 10.2. The Morgan fingerprint density at radius 2 is 2.11 bits per heavy atom.